The van der Waals surface area contributed by atoms with Crippen LogP contribution in [0.2, 0.25) is 5.02 Å². The zero-order chi connectivity index (χ0) is 21.1. The summed E-state index contributed by atoms with van der Waals surface area (Å²) < 4.78 is 5.45. The van der Waals surface area contributed by atoms with Crippen molar-refractivity contribution in [3.05, 3.63) is 64.2 Å². The van der Waals surface area contributed by atoms with E-state index >= 15 is 0 Å². The molecule has 2 aromatic carbocycles. The van der Waals surface area contributed by atoms with Crippen molar-refractivity contribution in [2.75, 3.05) is 13.2 Å². The van der Waals surface area contributed by atoms with Crippen LogP contribution in [0.1, 0.15) is 29.5 Å². The first-order valence-electron chi connectivity index (χ1n) is 9.70. The van der Waals surface area contributed by atoms with E-state index in [9.17, 15) is 25.5 Å². The summed E-state index contributed by atoms with van der Waals surface area (Å²) >= 11 is 6.37. The minimum atomic E-state index is -1.47. The fourth-order valence-electron chi connectivity index (χ4n) is 3.98. The standard InChI is InChI=1S/C22H27ClO6/c1-2-29-15-6-3-12(4-7-15)9-14-10-13(5-8-17(14)23)18-19(25)16(11-24)20(26)22(28)21(18)27/h3-8,10,16,18-22,24-28H,2,9,11H2,1H3/t16-,18+,19-,20+,21-,22-/m0/s1. The van der Waals surface area contributed by atoms with Crippen LogP contribution >= 0.6 is 11.6 Å². The molecule has 0 unspecified atom stereocenters. The summed E-state index contributed by atoms with van der Waals surface area (Å²) in [5, 5.41) is 51.4. The molecule has 0 saturated heterocycles. The summed E-state index contributed by atoms with van der Waals surface area (Å²) in [6.45, 7) is 2.01. The molecule has 2 aromatic rings. The van der Waals surface area contributed by atoms with Crippen molar-refractivity contribution < 1.29 is 30.3 Å². The maximum Gasteiger partial charge on any atom is 0.119 e. The van der Waals surface area contributed by atoms with Gasteiger partial charge in [-0.25, -0.2) is 0 Å². The van der Waals surface area contributed by atoms with Gasteiger partial charge in [0, 0.05) is 16.9 Å². The topological polar surface area (TPSA) is 110 Å². The average Bonchev–Trinajstić information content (AvgIpc) is 2.71. The zero-order valence-electron chi connectivity index (χ0n) is 16.1. The Balaban J connectivity index is 1.87. The van der Waals surface area contributed by atoms with E-state index < -0.39 is 42.9 Å². The Kier molecular flexibility index (Phi) is 7.16. The first kappa shape index (κ1) is 22.0. The Labute approximate surface area is 175 Å². The second-order valence-corrected chi connectivity index (χ2v) is 7.85. The SMILES string of the molecule is CCOc1ccc(Cc2cc([C@H]3[C@H](O)[C@@H](O)[C@H](O)[C@@H](CO)[C@@H]3O)ccc2Cl)cc1. The zero-order valence-corrected chi connectivity index (χ0v) is 16.9. The van der Waals surface area contributed by atoms with E-state index in [2.05, 4.69) is 0 Å². The van der Waals surface area contributed by atoms with Gasteiger partial charge in [0.1, 0.15) is 11.9 Å². The Morgan fingerprint density at radius 2 is 1.59 bits per heavy atom. The van der Waals surface area contributed by atoms with Crippen molar-refractivity contribution in [1.29, 1.82) is 0 Å². The van der Waals surface area contributed by atoms with Gasteiger partial charge in [-0.15, -0.1) is 0 Å². The number of aliphatic hydroxyl groups is 5. The lowest BCUT2D eigenvalue weighted by Gasteiger charge is -2.43. The van der Waals surface area contributed by atoms with E-state index in [1.807, 2.05) is 31.2 Å². The molecule has 1 aliphatic rings. The molecular weight excluding hydrogens is 396 g/mol. The third kappa shape index (κ3) is 4.58. The number of halogens is 1. The molecule has 0 bridgehead atoms. The molecule has 6 atom stereocenters. The fourth-order valence-corrected chi connectivity index (χ4v) is 4.16. The minimum absolute atomic E-state index is 0.505. The van der Waals surface area contributed by atoms with Gasteiger partial charge in [-0.2, -0.15) is 0 Å². The predicted octanol–water partition coefficient (Wildman–Crippen LogP) is 1.48. The van der Waals surface area contributed by atoms with Crippen LogP contribution in [0.4, 0.5) is 0 Å². The van der Waals surface area contributed by atoms with Gasteiger partial charge < -0.3 is 30.3 Å². The second kappa shape index (κ2) is 9.43. The van der Waals surface area contributed by atoms with Crippen molar-refractivity contribution in [3.8, 4) is 5.75 Å². The molecule has 158 valence electrons. The lowest BCUT2D eigenvalue weighted by molar-refractivity contribution is -0.169. The molecule has 0 radical (unpaired) electrons. The van der Waals surface area contributed by atoms with Crippen molar-refractivity contribution in [3.63, 3.8) is 0 Å². The normalized spacial score (nSPS) is 29.6. The van der Waals surface area contributed by atoms with Crippen LogP contribution < -0.4 is 4.74 Å². The van der Waals surface area contributed by atoms with Crippen molar-refractivity contribution >= 4 is 11.6 Å². The summed E-state index contributed by atoms with van der Waals surface area (Å²) in [5.74, 6) is -1.03. The molecule has 5 N–H and O–H groups in total. The molecule has 0 spiro atoms. The van der Waals surface area contributed by atoms with Gasteiger partial charge in [0.2, 0.25) is 0 Å². The van der Waals surface area contributed by atoms with Crippen LogP contribution in [-0.2, 0) is 6.42 Å². The Morgan fingerprint density at radius 3 is 2.21 bits per heavy atom. The van der Waals surface area contributed by atoms with Crippen molar-refractivity contribution in [2.24, 2.45) is 5.92 Å². The second-order valence-electron chi connectivity index (χ2n) is 7.44. The molecule has 1 fully saturated rings. The summed E-state index contributed by atoms with van der Waals surface area (Å²) in [7, 11) is 0. The fraction of sp³-hybridized carbons (Fsp3) is 0.455. The number of aliphatic hydroxyl groups excluding tert-OH is 5. The van der Waals surface area contributed by atoms with Gasteiger partial charge in [0.15, 0.2) is 0 Å². The number of ether oxygens (including phenoxy) is 1. The lowest BCUT2D eigenvalue weighted by atomic mass is 9.70. The predicted molar refractivity (Wildman–Crippen MR) is 109 cm³/mol. The third-order valence-electron chi connectivity index (χ3n) is 5.61. The van der Waals surface area contributed by atoms with E-state index in [-0.39, 0.29) is 0 Å². The molecule has 7 heteroatoms. The number of hydrogen-bond donors (Lipinski definition) is 5. The number of benzene rings is 2. The molecule has 29 heavy (non-hydrogen) atoms. The Hall–Kier alpha value is -1.67. The molecule has 0 amide bonds. The molecule has 1 aliphatic carbocycles. The van der Waals surface area contributed by atoms with Crippen LogP contribution in [0.3, 0.4) is 0 Å². The molecule has 0 aromatic heterocycles. The average molecular weight is 423 g/mol. The highest BCUT2D eigenvalue weighted by molar-refractivity contribution is 6.31. The van der Waals surface area contributed by atoms with E-state index in [1.54, 1.807) is 18.2 Å². The molecule has 3 rings (SSSR count). The highest BCUT2D eigenvalue weighted by Gasteiger charge is 2.48. The quantitative estimate of drug-likeness (QED) is 0.482. The van der Waals surface area contributed by atoms with Gasteiger partial charge in [-0.05, 0) is 48.2 Å². The van der Waals surface area contributed by atoms with Crippen molar-refractivity contribution in [2.45, 2.75) is 43.7 Å². The first-order chi connectivity index (χ1) is 13.9. The van der Waals surface area contributed by atoms with E-state index in [0.29, 0.717) is 23.6 Å². The van der Waals surface area contributed by atoms with Gasteiger partial charge in [-0.3, -0.25) is 0 Å². The van der Waals surface area contributed by atoms with Crippen LogP contribution in [0.25, 0.3) is 0 Å². The van der Waals surface area contributed by atoms with Crippen LogP contribution in [-0.4, -0.2) is 63.2 Å². The molecular formula is C22H27ClO6. The van der Waals surface area contributed by atoms with Crippen molar-refractivity contribution in [1.82, 2.24) is 0 Å². The Morgan fingerprint density at radius 1 is 0.897 bits per heavy atom. The summed E-state index contributed by atoms with van der Waals surface area (Å²) in [6.07, 6.45) is -4.93. The van der Waals surface area contributed by atoms with E-state index in [4.69, 9.17) is 16.3 Å². The minimum Gasteiger partial charge on any atom is -0.494 e. The largest absolute Gasteiger partial charge is 0.494 e. The lowest BCUT2D eigenvalue weighted by Crippen LogP contribution is -2.58. The van der Waals surface area contributed by atoms with Crippen LogP contribution in [0.15, 0.2) is 42.5 Å². The third-order valence-corrected chi connectivity index (χ3v) is 5.98. The summed E-state index contributed by atoms with van der Waals surface area (Å²) in [6, 6.07) is 12.8. The maximum absolute atomic E-state index is 10.6. The Bertz CT molecular complexity index is 811. The number of hydrogen-bond acceptors (Lipinski definition) is 6. The smallest absolute Gasteiger partial charge is 0.119 e. The van der Waals surface area contributed by atoms with Gasteiger partial charge in [0.25, 0.3) is 0 Å². The van der Waals surface area contributed by atoms with Gasteiger partial charge >= 0.3 is 0 Å². The van der Waals surface area contributed by atoms with E-state index in [0.717, 1.165) is 16.9 Å². The van der Waals surface area contributed by atoms with Crippen LogP contribution in [0.5, 0.6) is 5.75 Å². The first-order valence-corrected chi connectivity index (χ1v) is 10.1. The van der Waals surface area contributed by atoms with Gasteiger partial charge in [0.05, 0.1) is 31.5 Å². The van der Waals surface area contributed by atoms with Crippen LogP contribution in [0, 0.1) is 5.92 Å². The molecule has 6 nitrogen and oxygen atoms in total. The highest BCUT2D eigenvalue weighted by atomic mass is 35.5. The summed E-state index contributed by atoms with van der Waals surface area (Å²) in [5.41, 5.74) is 2.40. The highest BCUT2D eigenvalue weighted by Crippen LogP contribution is 2.38. The monoisotopic (exact) mass is 422 g/mol. The maximum atomic E-state index is 10.6. The molecule has 0 aliphatic heterocycles. The molecule has 0 heterocycles. The number of rotatable bonds is 6. The summed E-state index contributed by atoms with van der Waals surface area (Å²) in [4.78, 5) is 0. The molecule has 1 saturated carbocycles. The van der Waals surface area contributed by atoms with E-state index in [1.165, 1.54) is 0 Å². The van der Waals surface area contributed by atoms with Gasteiger partial charge in [-0.1, -0.05) is 35.9 Å².